The monoisotopic (exact) mass is 453 g/mol. The van der Waals surface area contributed by atoms with Crippen LogP contribution in [0.5, 0.6) is 5.75 Å². The van der Waals surface area contributed by atoms with E-state index < -0.39 is 23.3 Å². The van der Waals surface area contributed by atoms with E-state index in [1.807, 2.05) is 13.8 Å². The third-order valence-electron chi connectivity index (χ3n) is 6.14. The van der Waals surface area contributed by atoms with Crippen LogP contribution in [0.2, 0.25) is 0 Å². The molecule has 2 aromatic heterocycles. The molecule has 0 spiro atoms. The highest BCUT2D eigenvalue weighted by Crippen LogP contribution is 2.33. The van der Waals surface area contributed by atoms with E-state index in [1.165, 1.54) is 16.7 Å². The first-order valence-corrected chi connectivity index (χ1v) is 11.2. The van der Waals surface area contributed by atoms with Crippen LogP contribution in [0.25, 0.3) is 11.0 Å². The normalized spacial score (nSPS) is 14.6. The number of aromatic hydroxyl groups is 1. The highest BCUT2D eigenvalue weighted by molar-refractivity contribution is 6.01. The zero-order chi connectivity index (χ0) is 23.7. The first kappa shape index (κ1) is 22.9. The van der Waals surface area contributed by atoms with Crippen molar-refractivity contribution in [1.82, 2.24) is 14.9 Å². The highest BCUT2D eigenvalue weighted by Gasteiger charge is 2.29. The summed E-state index contributed by atoms with van der Waals surface area (Å²) in [7, 11) is 0. The van der Waals surface area contributed by atoms with E-state index in [2.05, 4.69) is 10.3 Å². The summed E-state index contributed by atoms with van der Waals surface area (Å²) < 4.78 is 14.7. The number of aliphatic hydroxyl groups is 1. The number of hydrogen-bond acceptors (Lipinski definition) is 5. The molecule has 0 bridgehead atoms. The summed E-state index contributed by atoms with van der Waals surface area (Å²) in [5.41, 5.74) is 1.38. The summed E-state index contributed by atoms with van der Waals surface area (Å²) in [6.07, 6.45) is 4.07. The van der Waals surface area contributed by atoms with E-state index in [-0.39, 0.29) is 29.4 Å². The van der Waals surface area contributed by atoms with Gasteiger partial charge in [0.1, 0.15) is 16.9 Å². The molecule has 7 nitrogen and oxygen atoms in total. The van der Waals surface area contributed by atoms with Crippen LogP contribution in [0.15, 0.2) is 41.3 Å². The molecule has 3 aromatic rings. The molecule has 1 aromatic carbocycles. The minimum atomic E-state index is -0.728. The Morgan fingerprint density at radius 3 is 2.55 bits per heavy atom. The van der Waals surface area contributed by atoms with Crippen molar-refractivity contribution in [2.24, 2.45) is 11.8 Å². The Morgan fingerprint density at radius 2 is 1.94 bits per heavy atom. The SMILES string of the molecule is CC(C)C(CO)NC(=O)c1c(O)c2ncc(Cc3ccc(F)cc3)cc2n(CC2CC2)c1=O. The zero-order valence-electron chi connectivity index (χ0n) is 18.7. The van der Waals surface area contributed by atoms with Gasteiger partial charge in [0.2, 0.25) is 0 Å². The lowest BCUT2D eigenvalue weighted by Gasteiger charge is -2.21. The lowest BCUT2D eigenvalue weighted by Crippen LogP contribution is -2.43. The maximum absolute atomic E-state index is 13.4. The summed E-state index contributed by atoms with van der Waals surface area (Å²) in [5.74, 6) is -1.22. The Kier molecular flexibility index (Phi) is 6.47. The Labute approximate surface area is 190 Å². The molecule has 0 saturated heterocycles. The van der Waals surface area contributed by atoms with Crippen LogP contribution < -0.4 is 10.9 Å². The van der Waals surface area contributed by atoms with Gasteiger partial charge in [0, 0.05) is 12.7 Å². The molecule has 174 valence electrons. The van der Waals surface area contributed by atoms with Crippen molar-refractivity contribution in [3.05, 3.63) is 69.4 Å². The van der Waals surface area contributed by atoms with Gasteiger partial charge in [-0.2, -0.15) is 0 Å². The van der Waals surface area contributed by atoms with E-state index >= 15 is 0 Å². The zero-order valence-corrected chi connectivity index (χ0v) is 18.7. The second-order valence-electron chi connectivity index (χ2n) is 9.10. The fourth-order valence-corrected chi connectivity index (χ4v) is 3.89. The first-order valence-electron chi connectivity index (χ1n) is 11.2. The fraction of sp³-hybridized carbons (Fsp3) is 0.400. The third kappa shape index (κ3) is 4.90. The van der Waals surface area contributed by atoms with Gasteiger partial charge < -0.3 is 20.1 Å². The molecule has 3 N–H and O–H groups in total. The average Bonchev–Trinajstić information content (AvgIpc) is 3.60. The number of nitrogens with zero attached hydrogens (tertiary/aromatic N) is 2. The van der Waals surface area contributed by atoms with Crippen molar-refractivity contribution in [3.63, 3.8) is 0 Å². The van der Waals surface area contributed by atoms with Crippen LogP contribution in [0, 0.1) is 17.7 Å². The minimum absolute atomic E-state index is 0.0533. The molecule has 1 unspecified atom stereocenters. The van der Waals surface area contributed by atoms with Gasteiger partial charge in [-0.05, 0) is 60.4 Å². The lowest BCUT2D eigenvalue weighted by atomic mass is 10.0. The number of carbonyl (C=O) groups excluding carboxylic acids is 1. The maximum atomic E-state index is 13.4. The largest absolute Gasteiger partial charge is 0.505 e. The van der Waals surface area contributed by atoms with Crippen LogP contribution in [0.3, 0.4) is 0 Å². The predicted octanol–water partition coefficient (Wildman–Crippen LogP) is 2.99. The molecule has 0 aliphatic heterocycles. The van der Waals surface area contributed by atoms with Crippen LogP contribution >= 0.6 is 0 Å². The van der Waals surface area contributed by atoms with Crippen LogP contribution in [-0.2, 0) is 13.0 Å². The van der Waals surface area contributed by atoms with Gasteiger partial charge in [0.05, 0.1) is 18.2 Å². The molecule has 0 radical (unpaired) electrons. The predicted molar refractivity (Wildman–Crippen MR) is 123 cm³/mol. The Balaban J connectivity index is 1.78. The van der Waals surface area contributed by atoms with Gasteiger partial charge in [-0.3, -0.25) is 14.6 Å². The number of rotatable bonds is 8. The Hall–Kier alpha value is -3.26. The molecule has 1 amide bonds. The molecule has 33 heavy (non-hydrogen) atoms. The molecule has 8 heteroatoms. The van der Waals surface area contributed by atoms with Gasteiger partial charge >= 0.3 is 0 Å². The number of fused-ring (bicyclic) bond motifs is 1. The Bertz CT molecular complexity index is 1230. The van der Waals surface area contributed by atoms with E-state index in [1.54, 1.807) is 24.4 Å². The molecule has 1 saturated carbocycles. The number of amides is 1. The first-order chi connectivity index (χ1) is 15.8. The number of aromatic nitrogens is 2. The van der Waals surface area contributed by atoms with Crippen molar-refractivity contribution >= 4 is 16.9 Å². The van der Waals surface area contributed by atoms with Crippen molar-refractivity contribution in [3.8, 4) is 5.75 Å². The average molecular weight is 454 g/mol. The number of benzene rings is 1. The smallest absolute Gasteiger partial charge is 0.267 e. The number of hydrogen-bond donors (Lipinski definition) is 3. The fourth-order valence-electron chi connectivity index (χ4n) is 3.89. The van der Waals surface area contributed by atoms with Crippen molar-refractivity contribution in [1.29, 1.82) is 0 Å². The number of pyridine rings is 2. The van der Waals surface area contributed by atoms with E-state index in [0.29, 0.717) is 24.4 Å². The Morgan fingerprint density at radius 1 is 1.24 bits per heavy atom. The summed E-state index contributed by atoms with van der Waals surface area (Å²) in [5, 5.41) is 23.1. The summed E-state index contributed by atoms with van der Waals surface area (Å²) >= 11 is 0. The van der Waals surface area contributed by atoms with Gasteiger partial charge in [-0.15, -0.1) is 0 Å². The summed E-state index contributed by atoms with van der Waals surface area (Å²) in [6.45, 7) is 3.85. The summed E-state index contributed by atoms with van der Waals surface area (Å²) in [4.78, 5) is 30.7. The molecular weight excluding hydrogens is 425 g/mol. The lowest BCUT2D eigenvalue weighted by molar-refractivity contribution is 0.0892. The quantitative estimate of drug-likeness (QED) is 0.486. The summed E-state index contributed by atoms with van der Waals surface area (Å²) in [6, 6.07) is 7.40. The topological polar surface area (TPSA) is 104 Å². The number of nitrogens with one attached hydrogen (secondary N) is 1. The van der Waals surface area contributed by atoms with Gasteiger partial charge in [0.25, 0.3) is 11.5 Å². The van der Waals surface area contributed by atoms with Crippen LogP contribution in [0.1, 0.15) is 48.2 Å². The van der Waals surface area contributed by atoms with Crippen molar-refractivity contribution in [2.45, 2.75) is 45.7 Å². The van der Waals surface area contributed by atoms with Crippen molar-refractivity contribution < 1.29 is 19.4 Å². The van der Waals surface area contributed by atoms with Crippen LogP contribution in [-0.4, -0.2) is 38.3 Å². The van der Waals surface area contributed by atoms with Gasteiger partial charge in [-0.1, -0.05) is 26.0 Å². The number of carbonyl (C=O) groups is 1. The molecule has 1 fully saturated rings. The minimum Gasteiger partial charge on any atom is -0.505 e. The highest BCUT2D eigenvalue weighted by atomic mass is 19.1. The molecule has 2 heterocycles. The second-order valence-corrected chi connectivity index (χ2v) is 9.10. The van der Waals surface area contributed by atoms with Crippen molar-refractivity contribution in [2.75, 3.05) is 6.61 Å². The van der Waals surface area contributed by atoms with E-state index in [4.69, 9.17) is 0 Å². The molecule has 1 aliphatic rings. The van der Waals surface area contributed by atoms with E-state index in [0.717, 1.165) is 24.0 Å². The molecular formula is C25H28FN3O4. The van der Waals surface area contributed by atoms with E-state index in [9.17, 15) is 24.2 Å². The maximum Gasteiger partial charge on any atom is 0.267 e. The second kappa shape index (κ2) is 9.31. The van der Waals surface area contributed by atoms with Crippen LogP contribution in [0.4, 0.5) is 4.39 Å². The number of halogens is 1. The standard InChI is InChI=1S/C25H28FN3O4/c1-14(2)19(13-30)28-24(32)21-23(31)22-20(29(25(21)33)12-16-3-4-16)10-17(11-27-22)9-15-5-7-18(26)8-6-15/h5-8,10-11,14,16,19,30-31H,3-4,9,12-13H2,1-2H3,(H,28,32). The third-order valence-corrected chi connectivity index (χ3v) is 6.14. The molecule has 4 rings (SSSR count). The van der Waals surface area contributed by atoms with Gasteiger partial charge in [0.15, 0.2) is 5.75 Å². The number of aliphatic hydroxyl groups excluding tert-OH is 1. The molecule has 1 aliphatic carbocycles. The molecule has 1 atom stereocenters. The van der Waals surface area contributed by atoms with Gasteiger partial charge in [-0.25, -0.2) is 4.39 Å².